The zero-order valence-electron chi connectivity index (χ0n) is 14.8. The lowest BCUT2D eigenvalue weighted by atomic mass is 10.1. The lowest BCUT2D eigenvalue weighted by Gasteiger charge is -2.22. The van der Waals surface area contributed by atoms with E-state index in [2.05, 4.69) is 10.6 Å². The van der Waals surface area contributed by atoms with Crippen LogP contribution in [0.4, 0.5) is 11.4 Å². The number of carbonyl (C=O) groups is 2. The number of anilines is 1. The lowest BCUT2D eigenvalue weighted by molar-refractivity contribution is -0.384. The number of benzene rings is 1. The molecule has 8 heteroatoms. The molecule has 0 aromatic heterocycles. The number of non-ortho nitro benzene ring substituents is 1. The van der Waals surface area contributed by atoms with Crippen LogP contribution in [0.2, 0.25) is 0 Å². The normalized spacial score (nSPS) is 14.3. The summed E-state index contributed by atoms with van der Waals surface area (Å²) in [6.45, 7) is 6.97. The van der Waals surface area contributed by atoms with Crippen LogP contribution in [0.25, 0.3) is 0 Å². The number of nitrogens with zero attached hydrogens (tertiary/aromatic N) is 2. The zero-order chi connectivity index (χ0) is 18.6. The molecule has 136 valence electrons. The van der Waals surface area contributed by atoms with Crippen molar-refractivity contribution < 1.29 is 14.5 Å². The molecule has 1 heterocycles. The third-order valence-corrected chi connectivity index (χ3v) is 3.81. The first-order valence-corrected chi connectivity index (χ1v) is 8.30. The number of nitro benzene ring substituents is 1. The van der Waals surface area contributed by atoms with Crippen molar-refractivity contribution in [2.24, 2.45) is 0 Å². The summed E-state index contributed by atoms with van der Waals surface area (Å²) in [5, 5.41) is 16.3. The van der Waals surface area contributed by atoms with Crippen LogP contribution in [0.3, 0.4) is 0 Å². The van der Waals surface area contributed by atoms with Crippen molar-refractivity contribution in [2.45, 2.75) is 39.2 Å². The highest BCUT2D eigenvalue weighted by Gasteiger charge is 2.23. The first-order valence-electron chi connectivity index (χ1n) is 8.30. The quantitative estimate of drug-likeness (QED) is 0.624. The highest BCUT2D eigenvalue weighted by Crippen LogP contribution is 2.28. The number of hydrogen-bond acceptors (Lipinski definition) is 5. The molecule has 0 radical (unpaired) electrons. The Morgan fingerprint density at radius 2 is 1.88 bits per heavy atom. The van der Waals surface area contributed by atoms with E-state index >= 15 is 0 Å². The molecular formula is C17H24N4O4. The lowest BCUT2D eigenvalue weighted by Crippen LogP contribution is -2.46. The van der Waals surface area contributed by atoms with Gasteiger partial charge in [0.1, 0.15) is 0 Å². The van der Waals surface area contributed by atoms with E-state index in [0.717, 1.165) is 25.9 Å². The molecule has 1 aromatic carbocycles. The van der Waals surface area contributed by atoms with E-state index in [0.29, 0.717) is 5.69 Å². The van der Waals surface area contributed by atoms with Crippen molar-refractivity contribution in [2.75, 3.05) is 24.5 Å². The summed E-state index contributed by atoms with van der Waals surface area (Å²) in [6.07, 6.45) is 2.04. The first-order chi connectivity index (χ1) is 11.7. The summed E-state index contributed by atoms with van der Waals surface area (Å²) in [4.78, 5) is 36.9. The molecule has 1 fully saturated rings. The van der Waals surface area contributed by atoms with E-state index in [1.165, 1.54) is 12.1 Å². The Morgan fingerprint density at radius 3 is 2.44 bits per heavy atom. The van der Waals surface area contributed by atoms with Gasteiger partial charge in [0.15, 0.2) is 0 Å². The van der Waals surface area contributed by atoms with Crippen LogP contribution in [0.5, 0.6) is 0 Å². The van der Waals surface area contributed by atoms with Crippen molar-refractivity contribution in [3.05, 3.63) is 33.9 Å². The van der Waals surface area contributed by atoms with Crippen LogP contribution in [-0.4, -0.2) is 41.9 Å². The standard InChI is InChI=1S/C17H24N4O4/c1-17(2,3)19-15(22)11-18-16(23)13-10-12(21(24)25)6-7-14(13)20-8-4-5-9-20/h6-7,10H,4-5,8-9,11H2,1-3H3,(H,18,23)(H,19,22). The summed E-state index contributed by atoms with van der Waals surface area (Å²) in [7, 11) is 0. The molecule has 8 nitrogen and oxygen atoms in total. The van der Waals surface area contributed by atoms with Gasteiger partial charge in [0, 0.05) is 30.8 Å². The molecule has 0 bridgehead atoms. The molecule has 0 spiro atoms. The van der Waals surface area contributed by atoms with E-state index in [1.807, 2.05) is 25.7 Å². The topological polar surface area (TPSA) is 105 Å². The number of nitro groups is 1. The maximum absolute atomic E-state index is 12.5. The van der Waals surface area contributed by atoms with E-state index in [1.54, 1.807) is 6.07 Å². The second kappa shape index (κ2) is 7.50. The Labute approximate surface area is 146 Å². The maximum atomic E-state index is 12.5. The fraction of sp³-hybridized carbons (Fsp3) is 0.529. The fourth-order valence-corrected chi connectivity index (χ4v) is 2.77. The summed E-state index contributed by atoms with van der Waals surface area (Å²) >= 11 is 0. The maximum Gasteiger partial charge on any atom is 0.270 e. The van der Waals surface area contributed by atoms with Crippen molar-refractivity contribution >= 4 is 23.2 Å². The molecular weight excluding hydrogens is 324 g/mol. The van der Waals surface area contributed by atoms with Gasteiger partial charge in [-0.05, 0) is 39.7 Å². The second-order valence-electron chi connectivity index (χ2n) is 7.13. The van der Waals surface area contributed by atoms with Gasteiger partial charge < -0.3 is 15.5 Å². The minimum atomic E-state index is -0.531. The predicted octanol–water partition coefficient (Wildman–Crippen LogP) is 1.84. The van der Waals surface area contributed by atoms with Gasteiger partial charge in [0.2, 0.25) is 5.91 Å². The predicted molar refractivity (Wildman–Crippen MR) is 94.8 cm³/mol. The van der Waals surface area contributed by atoms with Gasteiger partial charge in [-0.1, -0.05) is 0 Å². The highest BCUT2D eigenvalue weighted by atomic mass is 16.6. The molecule has 25 heavy (non-hydrogen) atoms. The molecule has 1 aliphatic heterocycles. The van der Waals surface area contributed by atoms with Gasteiger partial charge in [-0.3, -0.25) is 19.7 Å². The van der Waals surface area contributed by atoms with Crippen LogP contribution in [-0.2, 0) is 4.79 Å². The van der Waals surface area contributed by atoms with Crippen molar-refractivity contribution in [3.8, 4) is 0 Å². The molecule has 1 aliphatic rings. The van der Waals surface area contributed by atoms with Crippen LogP contribution in [0, 0.1) is 10.1 Å². The monoisotopic (exact) mass is 348 g/mol. The second-order valence-corrected chi connectivity index (χ2v) is 7.13. The molecule has 2 rings (SSSR count). The minimum Gasteiger partial charge on any atom is -0.371 e. The Bertz CT molecular complexity index is 676. The number of nitrogens with one attached hydrogen (secondary N) is 2. The van der Waals surface area contributed by atoms with Gasteiger partial charge in [0.05, 0.1) is 22.7 Å². The summed E-state index contributed by atoms with van der Waals surface area (Å²) in [6, 6.07) is 4.27. The molecule has 0 saturated carbocycles. The van der Waals surface area contributed by atoms with Gasteiger partial charge in [0.25, 0.3) is 11.6 Å². The largest absolute Gasteiger partial charge is 0.371 e. The van der Waals surface area contributed by atoms with Crippen molar-refractivity contribution in [1.82, 2.24) is 10.6 Å². The van der Waals surface area contributed by atoms with Crippen LogP contribution >= 0.6 is 0 Å². The Kier molecular flexibility index (Phi) is 5.61. The third kappa shape index (κ3) is 5.17. The SMILES string of the molecule is CC(C)(C)NC(=O)CNC(=O)c1cc([N+](=O)[O-])ccc1N1CCCC1. The number of carbonyl (C=O) groups excluding carboxylic acids is 2. The molecule has 1 aromatic rings. The average Bonchev–Trinajstić information content (AvgIpc) is 3.04. The number of amides is 2. The summed E-state index contributed by atoms with van der Waals surface area (Å²) < 4.78 is 0. The summed E-state index contributed by atoms with van der Waals surface area (Å²) in [5.41, 5.74) is 0.345. The average molecular weight is 348 g/mol. The van der Waals surface area contributed by atoms with Crippen molar-refractivity contribution in [1.29, 1.82) is 0 Å². The zero-order valence-corrected chi connectivity index (χ0v) is 14.8. The molecule has 1 saturated heterocycles. The Balaban J connectivity index is 2.16. The van der Waals surface area contributed by atoms with Gasteiger partial charge in [-0.25, -0.2) is 0 Å². The first kappa shape index (κ1) is 18.7. The fourth-order valence-electron chi connectivity index (χ4n) is 2.77. The van der Waals surface area contributed by atoms with Crippen LogP contribution in [0.15, 0.2) is 18.2 Å². The van der Waals surface area contributed by atoms with Gasteiger partial charge in [-0.15, -0.1) is 0 Å². The third-order valence-electron chi connectivity index (χ3n) is 3.81. The van der Waals surface area contributed by atoms with E-state index in [-0.39, 0.29) is 23.7 Å². The molecule has 0 unspecified atom stereocenters. The van der Waals surface area contributed by atoms with Crippen LogP contribution in [0.1, 0.15) is 44.0 Å². The van der Waals surface area contributed by atoms with E-state index in [9.17, 15) is 19.7 Å². The number of hydrogen-bond donors (Lipinski definition) is 2. The molecule has 2 amide bonds. The molecule has 2 N–H and O–H groups in total. The van der Waals surface area contributed by atoms with Crippen LogP contribution < -0.4 is 15.5 Å². The van der Waals surface area contributed by atoms with E-state index in [4.69, 9.17) is 0 Å². The van der Waals surface area contributed by atoms with Gasteiger partial charge in [-0.2, -0.15) is 0 Å². The molecule has 0 aliphatic carbocycles. The van der Waals surface area contributed by atoms with Crippen molar-refractivity contribution in [3.63, 3.8) is 0 Å². The highest BCUT2D eigenvalue weighted by molar-refractivity contribution is 6.02. The smallest absolute Gasteiger partial charge is 0.270 e. The number of rotatable bonds is 5. The van der Waals surface area contributed by atoms with Gasteiger partial charge >= 0.3 is 0 Å². The summed E-state index contributed by atoms with van der Waals surface area (Å²) in [5.74, 6) is -0.802. The Hall–Kier alpha value is -2.64. The van der Waals surface area contributed by atoms with E-state index < -0.39 is 16.4 Å². The minimum absolute atomic E-state index is 0.146. The molecule has 0 atom stereocenters. The Morgan fingerprint density at radius 1 is 1.24 bits per heavy atom.